The zero-order chi connectivity index (χ0) is 13.7. The van der Waals surface area contributed by atoms with Crippen molar-refractivity contribution >= 4 is 5.91 Å². The van der Waals surface area contributed by atoms with E-state index < -0.39 is 0 Å². The Bertz CT molecular complexity index is 549. The fraction of sp³-hybridized carbons (Fsp3) is 0.357. The van der Waals surface area contributed by atoms with Crippen molar-refractivity contribution in [3.63, 3.8) is 0 Å². The van der Waals surface area contributed by atoms with Crippen molar-refractivity contribution in [3.8, 4) is 11.3 Å². The van der Waals surface area contributed by atoms with Crippen LogP contribution in [0.4, 0.5) is 0 Å². The molecule has 0 atom stereocenters. The van der Waals surface area contributed by atoms with Gasteiger partial charge in [0.1, 0.15) is 5.69 Å². The van der Waals surface area contributed by atoms with Gasteiger partial charge in [0, 0.05) is 12.0 Å². The molecular weight excluding hydrogens is 240 g/mol. The number of aromatic amines is 1. The molecule has 2 rings (SSSR count). The van der Waals surface area contributed by atoms with Crippen molar-refractivity contribution in [3.05, 3.63) is 35.5 Å². The number of benzene rings is 1. The SMILES string of the molecule is CCCc1ccc(CCC(N)=O)cc1-c1cn[nH]n1. The lowest BCUT2D eigenvalue weighted by atomic mass is 9.96. The zero-order valence-electron chi connectivity index (χ0n) is 11.0. The summed E-state index contributed by atoms with van der Waals surface area (Å²) in [6.45, 7) is 2.15. The van der Waals surface area contributed by atoms with Crippen LogP contribution < -0.4 is 5.73 Å². The van der Waals surface area contributed by atoms with Gasteiger partial charge in [0.05, 0.1) is 6.20 Å². The van der Waals surface area contributed by atoms with Crippen LogP contribution in [0.5, 0.6) is 0 Å². The molecule has 0 aliphatic rings. The van der Waals surface area contributed by atoms with Crippen LogP contribution in [-0.4, -0.2) is 21.3 Å². The van der Waals surface area contributed by atoms with Gasteiger partial charge in [0.25, 0.3) is 0 Å². The molecule has 100 valence electrons. The lowest BCUT2D eigenvalue weighted by Gasteiger charge is -2.09. The normalized spacial score (nSPS) is 10.6. The van der Waals surface area contributed by atoms with Gasteiger partial charge < -0.3 is 5.73 Å². The molecule has 3 N–H and O–H groups in total. The van der Waals surface area contributed by atoms with E-state index in [1.54, 1.807) is 6.20 Å². The van der Waals surface area contributed by atoms with Crippen LogP contribution >= 0.6 is 0 Å². The number of H-pyrrole nitrogens is 1. The summed E-state index contributed by atoms with van der Waals surface area (Å²) in [5, 5.41) is 10.6. The van der Waals surface area contributed by atoms with Crippen LogP contribution in [0.15, 0.2) is 24.4 Å². The Hall–Kier alpha value is -2.17. The average molecular weight is 258 g/mol. The first-order valence-electron chi connectivity index (χ1n) is 6.47. The summed E-state index contributed by atoms with van der Waals surface area (Å²) in [4.78, 5) is 10.9. The van der Waals surface area contributed by atoms with Crippen molar-refractivity contribution in [1.82, 2.24) is 15.4 Å². The lowest BCUT2D eigenvalue weighted by molar-refractivity contribution is -0.117. The Morgan fingerprint density at radius 1 is 1.37 bits per heavy atom. The van der Waals surface area contributed by atoms with Crippen LogP contribution in [0.3, 0.4) is 0 Å². The van der Waals surface area contributed by atoms with Crippen LogP contribution in [0.25, 0.3) is 11.3 Å². The number of carbonyl (C=O) groups is 1. The van der Waals surface area contributed by atoms with Crippen LogP contribution in [0.1, 0.15) is 30.9 Å². The highest BCUT2D eigenvalue weighted by molar-refractivity contribution is 5.74. The van der Waals surface area contributed by atoms with E-state index in [1.807, 2.05) is 0 Å². The predicted octanol–water partition coefficient (Wildman–Crippen LogP) is 1.84. The first kappa shape index (κ1) is 13.3. The molecule has 1 aromatic carbocycles. The smallest absolute Gasteiger partial charge is 0.217 e. The van der Waals surface area contributed by atoms with Crippen molar-refractivity contribution in [2.75, 3.05) is 0 Å². The minimum Gasteiger partial charge on any atom is -0.370 e. The van der Waals surface area contributed by atoms with Crippen LogP contribution in [0.2, 0.25) is 0 Å². The van der Waals surface area contributed by atoms with E-state index in [9.17, 15) is 4.79 Å². The molecule has 0 aliphatic carbocycles. The summed E-state index contributed by atoms with van der Waals surface area (Å²) < 4.78 is 0. The second-order valence-electron chi connectivity index (χ2n) is 4.56. The fourth-order valence-corrected chi connectivity index (χ4v) is 2.10. The number of amides is 1. The number of rotatable bonds is 6. The Morgan fingerprint density at radius 3 is 2.84 bits per heavy atom. The van der Waals surface area contributed by atoms with E-state index in [0.717, 1.165) is 29.7 Å². The van der Waals surface area contributed by atoms with Gasteiger partial charge in [0.2, 0.25) is 5.91 Å². The summed E-state index contributed by atoms with van der Waals surface area (Å²) in [5.74, 6) is -0.277. The molecule has 5 nitrogen and oxygen atoms in total. The second-order valence-corrected chi connectivity index (χ2v) is 4.56. The van der Waals surface area contributed by atoms with Gasteiger partial charge >= 0.3 is 0 Å². The molecule has 1 heterocycles. The molecule has 0 aliphatic heterocycles. The summed E-state index contributed by atoms with van der Waals surface area (Å²) in [7, 11) is 0. The number of nitrogens with two attached hydrogens (primary N) is 1. The number of aromatic nitrogens is 3. The topological polar surface area (TPSA) is 84.7 Å². The van der Waals surface area contributed by atoms with Gasteiger partial charge in [-0.1, -0.05) is 25.5 Å². The highest BCUT2D eigenvalue weighted by Gasteiger charge is 2.09. The van der Waals surface area contributed by atoms with Gasteiger partial charge in [-0.2, -0.15) is 15.4 Å². The zero-order valence-corrected chi connectivity index (χ0v) is 11.0. The molecule has 0 saturated carbocycles. The third kappa shape index (κ3) is 3.40. The van der Waals surface area contributed by atoms with E-state index in [0.29, 0.717) is 12.8 Å². The maximum Gasteiger partial charge on any atom is 0.217 e. The third-order valence-corrected chi connectivity index (χ3v) is 3.04. The van der Waals surface area contributed by atoms with Gasteiger partial charge in [-0.05, 0) is 30.0 Å². The molecule has 2 aromatic rings. The number of hydrogen-bond donors (Lipinski definition) is 2. The standard InChI is InChI=1S/C14H18N4O/c1-2-3-11-6-4-10(5-7-14(15)19)8-12(11)13-9-16-18-17-13/h4,6,8-9H,2-3,5,7H2,1H3,(H2,15,19)(H,16,17,18). The maximum absolute atomic E-state index is 10.9. The molecule has 1 aromatic heterocycles. The number of nitrogens with zero attached hydrogens (tertiary/aromatic N) is 2. The minimum absolute atomic E-state index is 0.277. The lowest BCUT2D eigenvalue weighted by Crippen LogP contribution is -2.11. The summed E-state index contributed by atoms with van der Waals surface area (Å²) >= 11 is 0. The second kappa shape index (κ2) is 6.13. The number of nitrogens with one attached hydrogen (secondary N) is 1. The van der Waals surface area contributed by atoms with Crippen molar-refractivity contribution in [2.24, 2.45) is 5.73 Å². The molecule has 0 bridgehead atoms. The van der Waals surface area contributed by atoms with Crippen molar-refractivity contribution < 1.29 is 4.79 Å². The van der Waals surface area contributed by atoms with Crippen LogP contribution in [0, 0.1) is 0 Å². The van der Waals surface area contributed by atoms with Gasteiger partial charge in [-0.25, -0.2) is 0 Å². The van der Waals surface area contributed by atoms with E-state index in [1.165, 1.54) is 5.56 Å². The van der Waals surface area contributed by atoms with Gasteiger partial charge in [0.15, 0.2) is 0 Å². The number of aryl methyl sites for hydroxylation is 2. The van der Waals surface area contributed by atoms with E-state index in [4.69, 9.17) is 5.73 Å². The summed E-state index contributed by atoms with van der Waals surface area (Å²) in [6.07, 6.45) is 4.81. The van der Waals surface area contributed by atoms with Crippen molar-refractivity contribution in [1.29, 1.82) is 0 Å². The maximum atomic E-state index is 10.9. The van der Waals surface area contributed by atoms with Gasteiger partial charge in [-0.15, -0.1) is 0 Å². The molecule has 0 radical (unpaired) electrons. The highest BCUT2D eigenvalue weighted by Crippen LogP contribution is 2.24. The molecular formula is C14H18N4O. The molecule has 1 amide bonds. The molecule has 19 heavy (non-hydrogen) atoms. The predicted molar refractivity (Wildman–Crippen MR) is 73.3 cm³/mol. The number of hydrogen-bond acceptors (Lipinski definition) is 3. The monoisotopic (exact) mass is 258 g/mol. The Morgan fingerprint density at radius 2 is 2.21 bits per heavy atom. The van der Waals surface area contributed by atoms with E-state index in [2.05, 4.69) is 40.5 Å². The Labute approximate surface area is 112 Å². The molecule has 5 heteroatoms. The van der Waals surface area contributed by atoms with Gasteiger partial charge in [-0.3, -0.25) is 4.79 Å². The average Bonchev–Trinajstić information content (AvgIpc) is 2.91. The third-order valence-electron chi connectivity index (χ3n) is 3.04. The largest absolute Gasteiger partial charge is 0.370 e. The quantitative estimate of drug-likeness (QED) is 0.829. The Balaban J connectivity index is 2.30. The first-order chi connectivity index (χ1) is 9.20. The highest BCUT2D eigenvalue weighted by atomic mass is 16.1. The summed E-state index contributed by atoms with van der Waals surface area (Å²) in [6, 6.07) is 6.23. The van der Waals surface area contributed by atoms with E-state index >= 15 is 0 Å². The molecule has 0 fully saturated rings. The first-order valence-corrected chi connectivity index (χ1v) is 6.47. The fourth-order valence-electron chi connectivity index (χ4n) is 2.10. The van der Waals surface area contributed by atoms with E-state index in [-0.39, 0.29) is 5.91 Å². The molecule has 0 unspecified atom stereocenters. The Kier molecular flexibility index (Phi) is 4.28. The summed E-state index contributed by atoms with van der Waals surface area (Å²) in [5.41, 5.74) is 9.45. The van der Waals surface area contributed by atoms with Crippen molar-refractivity contribution in [2.45, 2.75) is 32.6 Å². The molecule has 0 saturated heterocycles. The minimum atomic E-state index is -0.277. The molecule has 0 spiro atoms. The van der Waals surface area contributed by atoms with Crippen LogP contribution in [-0.2, 0) is 17.6 Å². The number of carbonyl (C=O) groups excluding carboxylic acids is 1. The number of primary amides is 1.